The van der Waals surface area contributed by atoms with Gasteiger partial charge in [-0.25, -0.2) is 4.79 Å². The normalized spacial score (nSPS) is 17.2. The molecule has 2 saturated heterocycles. The number of nitrogens with zero attached hydrogens (tertiary/aromatic N) is 1. The summed E-state index contributed by atoms with van der Waals surface area (Å²) >= 11 is 1.13. The van der Waals surface area contributed by atoms with E-state index in [1.165, 1.54) is 0 Å². The van der Waals surface area contributed by atoms with Crippen molar-refractivity contribution in [1.29, 1.82) is 0 Å². The van der Waals surface area contributed by atoms with E-state index in [0.717, 1.165) is 22.6 Å². The fourth-order valence-electron chi connectivity index (χ4n) is 3.77. The second-order valence-corrected chi connectivity index (χ2v) is 9.02. The maximum absolute atomic E-state index is 13.3. The van der Waals surface area contributed by atoms with Crippen LogP contribution in [0.25, 0.3) is 0 Å². The average Bonchev–Trinajstić information content (AvgIpc) is 3.31. The molecule has 0 atom stereocenters. The largest absolute Gasteiger partial charge is 0.370 e. The minimum absolute atomic E-state index is 0.0337. The van der Waals surface area contributed by atoms with E-state index in [0.29, 0.717) is 28.6 Å². The second-order valence-electron chi connectivity index (χ2n) is 7.93. The smallest absolute Gasteiger partial charge is 0.314 e. The van der Waals surface area contributed by atoms with Gasteiger partial charge in [0.15, 0.2) is 5.54 Å². The average molecular weight is 482 g/mol. The number of anilines is 2. The van der Waals surface area contributed by atoms with E-state index in [4.69, 9.17) is 11.2 Å². The second kappa shape index (κ2) is 9.54. The van der Waals surface area contributed by atoms with Crippen LogP contribution in [-0.2, 0) is 14.3 Å². The molecule has 2 aliphatic heterocycles. The summed E-state index contributed by atoms with van der Waals surface area (Å²) in [6.45, 7) is 2.60. The number of hydrogen-bond acceptors (Lipinski definition) is 6. The Morgan fingerprint density at radius 3 is 2.62 bits per heavy atom. The van der Waals surface area contributed by atoms with Crippen molar-refractivity contribution in [3.63, 3.8) is 0 Å². The number of rotatable bonds is 5. The number of thiophene rings is 1. The van der Waals surface area contributed by atoms with E-state index in [2.05, 4.69) is 27.2 Å². The zero-order chi connectivity index (χ0) is 24.3. The number of morpholine rings is 1. The lowest BCUT2D eigenvalue weighted by Crippen LogP contribution is -2.71. The Hall–Kier alpha value is -3.88. The summed E-state index contributed by atoms with van der Waals surface area (Å²) in [5, 5.41) is 10.7. The summed E-state index contributed by atoms with van der Waals surface area (Å²) < 4.78 is 5.18. The minimum atomic E-state index is -1.43. The zero-order valence-corrected chi connectivity index (χ0v) is 19.2. The standard InChI is InChI=1S/C23H23N5O5S/c1-3-16-5-7-18(34-16)20(30)27-23(12-24-22(32)25-13-23)21(31)26-15-4-6-17(14(2)10-15)28-8-9-33-11-19(28)29/h1,4-7,10H,8-9,11-13H2,2H3,(H,26,31)(H,27,30)(H2,24,25,32). The highest BCUT2D eigenvalue weighted by Gasteiger charge is 2.43. The predicted molar refractivity (Wildman–Crippen MR) is 127 cm³/mol. The van der Waals surface area contributed by atoms with E-state index in [-0.39, 0.29) is 25.6 Å². The Labute approximate surface area is 200 Å². The molecule has 0 aliphatic carbocycles. The van der Waals surface area contributed by atoms with Gasteiger partial charge in [-0.3, -0.25) is 14.4 Å². The van der Waals surface area contributed by atoms with Crippen molar-refractivity contribution in [2.24, 2.45) is 0 Å². The van der Waals surface area contributed by atoms with Crippen molar-refractivity contribution in [3.8, 4) is 12.3 Å². The lowest BCUT2D eigenvalue weighted by molar-refractivity contribution is -0.125. The molecule has 4 N–H and O–H groups in total. The number of terminal acetylenes is 1. The number of ether oxygens (including phenoxy) is 1. The van der Waals surface area contributed by atoms with Crippen molar-refractivity contribution >= 4 is 46.5 Å². The number of carbonyl (C=O) groups excluding carboxylic acids is 4. The lowest BCUT2D eigenvalue weighted by Gasteiger charge is -2.36. The summed E-state index contributed by atoms with van der Waals surface area (Å²) in [5.74, 6) is 1.37. The summed E-state index contributed by atoms with van der Waals surface area (Å²) in [7, 11) is 0. The lowest BCUT2D eigenvalue weighted by atomic mass is 9.95. The maximum atomic E-state index is 13.3. The van der Waals surface area contributed by atoms with Crippen LogP contribution in [0.2, 0.25) is 0 Å². The first-order valence-corrected chi connectivity index (χ1v) is 11.3. The number of urea groups is 1. The number of carbonyl (C=O) groups is 4. The van der Waals surface area contributed by atoms with Crippen molar-refractivity contribution in [3.05, 3.63) is 45.6 Å². The number of nitrogens with one attached hydrogen (secondary N) is 4. The van der Waals surface area contributed by atoms with Crippen LogP contribution in [0.5, 0.6) is 0 Å². The van der Waals surface area contributed by atoms with E-state index in [9.17, 15) is 19.2 Å². The van der Waals surface area contributed by atoms with Gasteiger partial charge in [0.1, 0.15) is 6.61 Å². The molecule has 1 aromatic heterocycles. The Morgan fingerprint density at radius 1 is 1.21 bits per heavy atom. The molecule has 4 rings (SSSR count). The van der Waals surface area contributed by atoms with Crippen molar-refractivity contribution in [1.82, 2.24) is 16.0 Å². The maximum Gasteiger partial charge on any atom is 0.314 e. The number of aryl methyl sites for hydroxylation is 1. The van der Waals surface area contributed by atoms with E-state index < -0.39 is 23.4 Å². The Balaban J connectivity index is 1.53. The molecule has 2 fully saturated rings. The molecular weight excluding hydrogens is 458 g/mol. The van der Waals surface area contributed by atoms with Gasteiger partial charge in [0.2, 0.25) is 0 Å². The SMILES string of the molecule is C#Cc1ccc(C(=O)NC2(C(=O)Nc3ccc(N4CCOCC4=O)c(C)c3)CNC(=O)NC2)s1. The molecule has 0 bridgehead atoms. The molecule has 1 aromatic carbocycles. The van der Waals surface area contributed by atoms with E-state index >= 15 is 0 Å². The van der Waals surface area contributed by atoms with Crippen molar-refractivity contribution < 1.29 is 23.9 Å². The molecule has 0 spiro atoms. The zero-order valence-electron chi connectivity index (χ0n) is 18.4. The first-order chi connectivity index (χ1) is 16.3. The van der Waals surface area contributed by atoms with Crippen LogP contribution in [-0.4, -0.2) is 62.1 Å². The highest BCUT2D eigenvalue weighted by atomic mass is 32.1. The van der Waals surface area contributed by atoms with Crippen molar-refractivity contribution in [2.45, 2.75) is 12.5 Å². The van der Waals surface area contributed by atoms with Crippen LogP contribution in [0.3, 0.4) is 0 Å². The van der Waals surface area contributed by atoms with Gasteiger partial charge in [-0.05, 0) is 42.8 Å². The Bertz CT molecular complexity index is 1190. The van der Waals surface area contributed by atoms with Gasteiger partial charge < -0.3 is 30.9 Å². The molecule has 0 unspecified atom stereocenters. The number of benzene rings is 1. The number of amides is 5. The van der Waals surface area contributed by atoms with E-state index in [1.54, 1.807) is 35.2 Å². The predicted octanol–water partition coefficient (Wildman–Crippen LogP) is 0.821. The quantitative estimate of drug-likeness (QED) is 0.470. The van der Waals surface area contributed by atoms with Gasteiger partial charge in [-0.2, -0.15) is 0 Å². The highest BCUT2D eigenvalue weighted by molar-refractivity contribution is 7.14. The van der Waals surface area contributed by atoms with Crippen LogP contribution in [0.1, 0.15) is 20.1 Å². The third kappa shape index (κ3) is 4.73. The van der Waals surface area contributed by atoms with Gasteiger partial charge in [-0.15, -0.1) is 17.8 Å². The molecule has 10 nitrogen and oxygen atoms in total. The monoisotopic (exact) mass is 481 g/mol. The summed E-state index contributed by atoms with van der Waals surface area (Å²) in [4.78, 5) is 52.6. The molecular formula is C23H23N5O5S. The Morgan fingerprint density at radius 2 is 1.97 bits per heavy atom. The van der Waals surface area contributed by atoms with Crippen LogP contribution in [0.4, 0.5) is 16.2 Å². The van der Waals surface area contributed by atoms with Gasteiger partial charge >= 0.3 is 6.03 Å². The van der Waals surface area contributed by atoms with Gasteiger partial charge in [-0.1, -0.05) is 5.92 Å². The van der Waals surface area contributed by atoms with Crippen LogP contribution in [0, 0.1) is 19.3 Å². The summed E-state index contributed by atoms with van der Waals surface area (Å²) in [6, 6.07) is 8.00. The van der Waals surface area contributed by atoms with Crippen LogP contribution in [0.15, 0.2) is 30.3 Å². The minimum Gasteiger partial charge on any atom is -0.370 e. The molecule has 176 valence electrons. The molecule has 2 aliphatic rings. The Kier molecular flexibility index (Phi) is 6.54. The molecule has 2 aromatic rings. The van der Waals surface area contributed by atoms with Gasteiger partial charge in [0.05, 0.1) is 29.5 Å². The van der Waals surface area contributed by atoms with Gasteiger partial charge in [0.25, 0.3) is 17.7 Å². The first kappa shape index (κ1) is 23.3. The molecule has 11 heteroatoms. The fourth-order valence-corrected chi connectivity index (χ4v) is 4.48. The summed E-state index contributed by atoms with van der Waals surface area (Å²) in [6.07, 6.45) is 5.38. The molecule has 3 heterocycles. The topological polar surface area (TPSA) is 129 Å². The molecule has 0 saturated carbocycles. The fraction of sp³-hybridized carbons (Fsp3) is 0.304. The molecule has 34 heavy (non-hydrogen) atoms. The third-order valence-electron chi connectivity index (χ3n) is 5.59. The molecule has 0 radical (unpaired) electrons. The highest BCUT2D eigenvalue weighted by Crippen LogP contribution is 2.26. The van der Waals surface area contributed by atoms with Crippen LogP contribution < -0.4 is 26.2 Å². The van der Waals surface area contributed by atoms with E-state index in [1.807, 2.05) is 6.92 Å². The first-order valence-electron chi connectivity index (χ1n) is 10.5. The molecule has 5 amide bonds. The van der Waals surface area contributed by atoms with Gasteiger partial charge in [0, 0.05) is 17.9 Å². The number of hydrogen-bond donors (Lipinski definition) is 4. The third-order valence-corrected chi connectivity index (χ3v) is 6.61. The van der Waals surface area contributed by atoms with Crippen LogP contribution >= 0.6 is 11.3 Å². The van der Waals surface area contributed by atoms with Crippen molar-refractivity contribution in [2.75, 3.05) is 43.1 Å². The summed E-state index contributed by atoms with van der Waals surface area (Å²) in [5.41, 5.74) is 0.589.